The standard InChI is InChI=1S/C57H37NO2/c1-36-11-8-21-47(42-26-31-55-51(34-42)50-30-25-39-13-3-5-18-48(39)57(50)60-55)56(36)58(44-29-32-54-52(35-44)49-19-6-7-22-53(49)59-54)43-27-23-37(24-28-43)40-15-9-16-41(33-40)46-20-10-14-38-12-2-4-17-45(38)46/h2-35H,1H3. The molecule has 0 atom stereocenters. The summed E-state index contributed by atoms with van der Waals surface area (Å²) >= 11 is 0. The molecule has 0 aliphatic rings. The first-order valence-electron chi connectivity index (χ1n) is 20.5. The highest BCUT2D eigenvalue weighted by Crippen LogP contribution is 2.46. The molecular weight excluding hydrogens is 731 g/mol. The molecule has 282 valence electrons. The predicted molar refractivity (Wildman–Crippen MR) is 252 cm³/mol. The molecule has 3 heteroatoms. The van der Waals surface area contributed by atoms with Crippen LogP contribution in [0, 0.1) is 6.92 Å². The molecular formula is C57H37NO2. The van der Waals surface area contributed by atoms with Crippen molar-refractivity contribution in [3.63, 3.8) is 0 Å². The van der Waals surface area contributed by atoms with Crippen molar-refractivity contribution in [3.8, 4) is 33.4 Å². The second-order valence-corrected chi connectivity index (χ2v) is 15.7. The zero-order valence-corrected chi connectivity index (χ0v) is 32.9. The van der Waals surface area contributed by atoms with Gasteiger partial charge in [0, 0.05) is 43.9 Å². The summed E-state index contributed by atoms with van der Waals surface area (Å²) in [4.78, 5) is 2.41. The lowest BCUT2D eigenvalue weighted by molar-refractivity contribution is 0.669. The Hall–Kier alpha value is -7.88. The maximum absolute atomic E-state index is 6.54. The highest BCUT2D eigenvalue weighted by molar-refractivity contribution is 6.16. The van der Waals surface area contributed by atoms with Crippen LogP contribution in [0.4, 0.5) is 17.1 Å². The number of para-hydroxylation sites is 2. The third-order valence-corrected chi connectivity index (χ3v) is 12.2. The van der Waals surface area contributed by atoms with E-state index in [0.717, 1.165) is 83.0 Å². The van der Waals surface area contributed by atoms with Crippen LogP contribution in [-0.4, -0.2) is 0 Å². The van der Waals surface area contributed by atoms with Gasteiger partial charge in [0.25, 0.3) is 0 Å². The van der Waals surface area contributed by atoms with E-state index in [1.165, 1.54) is 38.4 Å². The largest absolute Gasteiger partial charge is 0.456 e. The highest BCUT2D eigenvalue weighted by Gasteiger charge is 2.22. The Morgan fingerprint density at radius 3 is 1.82 bits per heavy atom. The van der Waals surface area contributed by atoms with E-state index >= 15 is 0 Å². The summed E-state index contributed by atoms with van der Waals surface area (Å²) in [5.41, 5.74) is 15.0. The monoisotopic (exact) mass is 767 g/mol. The van der Waals surface area contributed by atoms with E-state index in [1.54, 1.807) is 0 Å². The number of fused-ring (bicyclic) bond motifs is 9. The molecule has 0 aliphatic heterocycles. The zero-order valence-electron chi connectivity index (χ0n) is 32.9. The van der Waals surface area contributed by atoms with Crippen LogP contribution in [0.3, 0.4) is 0 Å². The number of aryl methyl sites for hydroxylation is 1. The molecule has 0 radical (unpaired) electrons. The fourth-order valence-corrected chi connectivity index (χ4v) is 9.27. The van der Waals surface area contributed by atoms with E-state index < -0.39 is 0 Å². The van der Waals surface area contributed by atoms with Crippen molar-refractivity contribution in [2.45, 2.75) is 6.92 Å². The lowest BCUT2D eigenvalue weighted by atomic mass is 9.95. The number of anilines is 3. The van der Waals surface area contributed by atoms with Gasteiger partial charge in [-0.25, -0.2) is 0 Å². The van der Waals surface area contributed by atoms with Gasteiger partial charge in [-0.05, 0) is 117 Å². The maximum Gasteiger partial charge on any atom is 0.143 e. The summed E-state index contributed by atoms with van der Waals surface area (Å²) in [6.07, 6.45) is 0. The normalized spacial score (nSPS) is 11.8. The molecule has 0 N–H and O–H groups in total. The van der Waals surface area contributed by atoms with E-state index in [2.05, 4.69) is 206 Å². The van der Waals surface area contributed by atoms with Crippen LogP contribution < -0.4 is 4.90 Å². The summed E-state index contributed by atoms with van der Waals surface area (Å²) in [7, 11) is 0. The number of hydrogen-bond acceptors (Lipinski definition) is 3. The number of benzene rings is 10. The minimum Gasteiger partial charge on any atom is -0.456 e. The fourth-order valence-electron chi connectivity index (χ4n) is 9.27. The van der Waals surface area contributed by atoms with Crippen molar-refractivity contribution in [3.05, 3.63) is 212 Å². The van der Waals surface area contributed by atoms with Gasteiger partial charge in [0.1, 0.15) is 22.3 Å². The molecule has 12 rings (SSSR count). The van der Waals surface area contributed by atoms with Gasteiger partial charge in [0.2, 0.25) is 0 Å². The Labute approximate surface area is 347 Å². The van der Waals surface area contributed by atoms with Crippen LogP contribution in [0.1, 0.15) is 5.56 Å². The van der Waals surface area contributed by atoms with Gasteiger partial charge in [-0.3, -0.25) is 0 Å². The lowest BCUT2D eigenvalue weighted by Gasteiger charge is -2.30. The molecule has 0 saturated carbocycles. The lowest BCUT2D eigenvalue weighted by Crippen LogP contribution is -2.12. The van der Waals surface area contributed by atoms with Crippen molar-refractivity contribution in [1.82, 2.24) is 0 Å². The van der Waals surface area contributed by atoms with Crippen LogP contribution in [0.2, 0.25) is 0 Å². The SMILES string of the molecule is Cc1cccc(-c2ccc3oc4c5ccccc5ccc4c3c2)c1N(c1ccc(-c2cccc(-c3cccc4ccccc34)c2)cc1)c1ccc2oc3ccccc3c2c1. The Morgan fingerprint density at radius 1 is 0.333 bits per heavy atom. The minimum atomic E-state index is 0.871. The first kappa shape index (κ1) is 34.2. The summed E-state index contributed by atoms with van der Waals surface area (Å²) in [6, 6.07) is 74.0. The molecule has 2 heterocycles. The maximum atomic E-state index is 6.54. The second kappa shape index (κ2) is 13.6. The van der Waals surface area contributed by atoms with Gasteiger partial charge in [0.15, 0.2) is 0 Å². The Balaban J connectivity index is 1.02. The topological polar surface area (TPSA) is 29.5 Å². The molecule has 0 amide bonds. The van der Waals surface area contributed by atoms with Crippen molar-refractivity contribution in [2.75, 3.05) is 4.90 Å². The first-order valence-corrected chi connectivity index (χ1v) is 20.5. The molecule has 0 spiro atoms. The highest BCUT2D eigenvalue weighted by atomic mass is 16.3. The smallest absolute Gasteiger partial charge is 0.143 e. The number of furan rings is 2. The van der Waals surface area contributed by atoms with E-state index in [0.29, 0.717) is 0 Å². The average molecular weight is 768 g/mol. The zero-order chi connectivity index (χ0) is 39.7. The third kappa shape index (κ3) is 5.51. The molecule has 0 saturated heterocycles. The Bertz CT molecular complexity index is 3620. The predicted octanol–water partition coefficient (Wildman–Crippen LogP) is 16.6. The third-order valence-electron chi connectivity index (χ3n) is 12.2. The van der Waals surface area contributed by atoms with E-state index in [-0.39, 0.29) is 0 Å². The van der Waals surface area contributed by atoms with Gasteiger partial charge in [-0.1, -0.05) is 146 Å². The Kier molecular flexibility index (Phi) is 7.76. The second-order valence-electron chi connectivity index (χ2n) is 15.7. The van der Waals surface area contributed by atoms with Gasteiger partial charge in [-0.2, -0.15) is 0 Å². The molecule has 0 aliphatic carbocycles. The van der Waals surface area contributed by atoms with Crippen LogP contribution >= 0.6 is 0 Å². The van der Waals surface area contributed by atoms with E-state index in [9.17, 15) is 0 Å². The number of hydrogen-bond donors (Lipinski definition) is 0. The van der Waals surface area contributed by atoms with Crippen LogP contribution in [0.5, 0.6) is 0 Å². The minimum absolute atomic E-state index is 0.871. The summed E-state index contributed by atoms with van der Waals surface area (Å²) in [6.45, 7) is 2.21. The van der Waals surface area contributed by atoms with Gasteiger partial charge >= 0.3 is 0 Å². The molecule has 0 bridgehead atoms. The summed E-state index contributed by atoms with van der Waals surface area (Å²) < 4.78 is 12.9. The summed E-state index contributed by atoms with van der Waals surface area (Å²) in [5, 5.41) is 9.21. The van der Waals surface area contributed by atoms with Crippen molar-refractivity contribution in [2.24, 2.45) is 0 Å². The van der Waals surface area contributed by atoms with Gasteiger partial charge in [0.05, 0.1) is 5.69 Å². The van der Waals surface area contributed by atoms with Crippen LogP contribution in [0.15, 0.2) is 215 Å². The van der Waals surface area contributed by atoms with E-state index in [1.807, 2.05) is 12.1 Å². The Morgan fingerprint density at radius 2 is 0.933 bits per heavy atom. The van der Waals surface area contributed by atoms with Crippen molar-refractivity contribution < 1.29 is 8.83 Å². The summed E-state index contributed by atoms with van der Waals surface area (Å²) in [5.74, 6) is 0. The molecule has 3 nitrogen and oxygen atoms in total. The van der Waals surface area contributed by atoms with Crippen molar-refractivity contribution in [1.29, 1.82) is 0 Å². The van der Waals surface area contributed by atoms with Gasteiger partial charge < -0.3 is 13.7 Å². The fraction of sp³-hybridized carbons (Fsp3) is 0.0175. The molecule has 0 unspecified atom stereocenters. The number of nitrogens with zero attached hydrogens (tertiary/aromatic N) is 1. The molecule has 60 heavy (non-hydrogen) atoms. The van der Waals surface area contributed by atoms with Crippen LogP contribution in [0.25, 0.3) is 98.8 Å². The molecule has 10 aromatic carbocycles. The molecule has 0 fully saturated rings. The van der Waals surface area contributed by atoms with E-state index in [4.69, 9.17) is 8.83 Å². The average Bonchev–Trinajstić information content (AvgIpc) is 3.88. The van der Waals surface area contributed by atoms with Gasteiger partial charge in [-0.15, -0.1) is 0 Å². The first-order chi connectivity index (χ1) is 29.6. The quantitative estimate of drug-likeness (QED) is 0.169. The van der Waals surface area contributed by atoms with Crippen LogP contribution in [-0.2, 0) is 0 Å². The number of rotatable bonds is 6. The van der Waals surface area contributed by atoms with Crippen molar-refractivity contribution >= 4 is 82.5 Å². The molecule has 12 aromatic rings. The molecule has 2 aromatic heterocycles.